The van der Waals surface area contributed by atoms with Crippen LogP contribution in [0.15, 0.2) is 12.1 Å². The average Bonchev–Trinajstić information content (AvgIpc) is 2.37. The number of benzene rings is 1. The highest BCUT2D eigenvalue weighted by Crippen LogP contribution is 2.41. The van der Waals surface area contributed by atoms with Crippen molar-refractivity contribution in [1.29, 1.82) is 0 Å². The van der Waals surface area contributed by atoms with Crippen molar-refractivity contribution in [1.82, 2.24) is 0 Å². The van der Waals surface area contributed by atoms with Crippen LogP contribution >= 0.6 is 0 Å². The van der Waals surface area contributed by atoms with Crippen LogP contribution in [0.4, 0.5) is 5.69 Å². The number of nitro benzene ring substituents is 1. The maximum absolute atomic E-state index is 11.1. The molecule has 6 heteroatoms. The van der Waals surface area contributed by atoms with Gasteiger partial charge in [0.15, 0.2) is 5.75 Å². The van der Waals surface area contributed by atoms with Crippen LogP contribution in [0, 0.1) is 15.5 Å². The van der Waals surface area contributed by atoms with E-state index in [-0.39, 0.29) is 16.9 Å². The van der Waals surface area contributed by atoms with Crippen molar-refractivity contribution in [2.45, 2.75) is 20.3 Å². The summed E-state index contributed by atoms with van der Waals surface area (Å²) in [5, 5.41) is 11.1. The molecule has 104 valence electrons. The monoisotopic (exact) mass is 266 g/mol. The number of nitrogens with zero attached hydrogens (tertiary/aromatic N) is 1. The lowest BCUT2D eigenvalue weighted by atomic mass is 9.85. The summed E-state index contributed by atoms with van der Waals surface area (Å²) < 4.78 is 10.8. The minimum absolute atomic E-state index is 0.0416. The zero-order chi connectivity index (χ0) is 14.0. The molecule has 0 bridgehead atoms. The van der Waals surface area contributed by atoms with Gasteiger partial charge in [-0.25, -0.2) is 0 Å². The van der Waals surface area contributed by atoms with Crippen molar-refractivity contribution < 1.29 is 14.4 Å². The lowest BCUT2D eigenvalue weighted by Crippen LogP contribution is -2.26. The highest BCUT2D eigenvalue weighted by atomic mass is 16.6. The maximum Gasteiger partial charge on any atom is 0.315 e. The van der Waals surface area contributed by atoms with Gasteiger partial charge in [-0.1, -0.05) is 13.8 Å². The Bertz CT molecular complexity index is 500. The normalized spacial score (nSPS) is 14.3. The molecule has 0 aromatic heterocycles. The van der Waals surface area contributed by atoms with E-state index in [1.54, 1.807) is 12.1 Å². The van der Waals surface area contributed by atoms with Crippen LogP contribution in [-0.2, 0) is 6.42 Å². The quantitative estimate of drug-likeness (QED) is 0.664. The first-order chi connectivity index (χ1) is 8.93. The SMILES string of the molecule is CC(C)(CN)Cc1cc2c(c([N+](=O)[O-])c1)OCCO2. The average molecular weight is 266 g/mol. The van der Waals surface area contributed by atoms with Crippen molar-refractivity contribution in [3.05, 3.63) is 27.8 Å². The number of nitrogens with two attached hydrogens (primary N) is 1. The van der Waals surface area contributed by atoms with Crippen LogP contribution in [0.5, 0.6) is 11.5 Å². The van der Waals surface area contributed by atoms with Gasteiger partial charge in [-0.2, -0.15) is 0 Å². The third-order valence-corrected chi connectivity index (χ3v) is 3.11. The van der Waals surface area contributed by atoms with Crippen LogP contribution in [0.1, 0.15) is 19.4 Å². The van der Waals surface area contributed by atoms with Crippen molar-refractivity contribution >= 4 is 5.69 Å². The molecule has 0 atom stereocenters. The second-order valence-corrected chi connectivity index (χ2v) is 5.44. The van der Waals surface area contributed by atoms with Crippen molar-refractivity contribution in [3.63, 3.8) is 0 Å². The molecule has 1 aliphatic rings. The van der Waals surface area contributed by atoms with E-state index in [2.05, 4.69) is 0 Å². The summed E-state index contributed by atoms with van der Waals surface area (Å²) in [7, 11) is 0. The van der Waals surface area contributed by atoms with Crippen LogP contribution in [0.25, 0.3) is 0 Å². The van der Waals surface area contributed by atoms with E-state index in [1.165, 1.54) is 0 Å². The third-order valence-electron chi connectivity index (χ3n) is 3.11. The largest absolute Gasteiger partial charge is 0.486 e. The summed E-state index contributed by atoms with van der Waals surface area (Å²) in [5.41, 5.74) is 6.38. The highest BCUT2D eigenvalue weighted by Gasteiger charge is 2.27. The summed E-state index contributed by atoms with van der Waals surface area (Å²) in [4.78, 5) is 10.7. The minimum atomic E-state index is -0.438. The standard InChI is InChI=1S/C13H18N2O4/c1-13(2,8-14)7-9-5-10(15(16)17)12-11(6-9)18-3-4-19-12/h5-6H,3-4,7-8,14H2,1-2H3. The van der Waals surface area contributed by atoms with Gasteiger partial charge in [0, 0.05) is 6.07 Å². The lowest BCUT2D eigenvalue weighted by molar-refractivity contribution is -0.386. The number of ether oxygens (including phenoxy) is 2. The highest BCUT2D eigenvalue weighted by molar-refractivity contribution is 5.58. The van der Waals surface area contributed by atoms with Crippen LogP contribution in [0.2, 0.25) is 0 Å². The maximum atomic E-state index is 11.1. The molecule has 6 nitrogen and oxygen atoms in total. The number of fused-ring (bicyclic) bond motifs is 1. The second-order valence-electron chi connectivity index (χ2n) is 5.44. The first kappa shape index (κ1) is 13.6. The summed E-state index contributed by atoms with van der Waals surface area (Å²) >= 11 is 0. The van der Waals surface area contributed by atoms with Gasteiger partial charge in [-0.3, -0.25) is 10.1 Å². The second kappa shape index (κ2) is 5.05. The summed E-state index contributed by atoms with van der Waals surface area (Å²) in [6.07, 6.45) is 0.654. The Hall–Kier alpha value is -1.82. The number of hydrogen-bond acceptors (Lipinski definition) is 5. The molecular weight excluding hydrogens is 248 g/mol. The van der Waals surface area contributed by atoms with Crippen molar-refractivity contribution in [2.75, 3.05) is 19.8 Å². The van der Waals surface area contributed by atoms with E-state index in [0.29, 0.717) is 31.9 Å². The molecule has 0 fully saturated rings. The van der Waals surface area contributed by atoms with E-state index in [4.69, 9.17) is 15.2 Å². The molecule has 0 saturated heterocycles. The van der Waals surface area contributed by atoms with Gasteiger partial charge >= 0.3 is 5.69 Å². The van der Waals surface area contributed by atoms with Crippen molar-refractivity contribution in [3.8, 4) is 11.5 Å². The first-order valence-electron chi connectivity index (χ1n) is 6.20. The third kappa shape index (κ3) is 2.96. The van der Waals surface area contributed by atoms with Gasteiger partial charge < -0.3 is 15.2 Å². The topological polar surface area (TPSA) is 87.6 Å². The molecule has 2 rings (SSSR count). The van der Waals surface area contributed by atoms with Gasteiger partial charge in [-0.05, 0) is 30.0 Å². The summed E-state index contributed by atoms with van der Waals surface area (Å²) in [5.74, 6) is 0.675. The smallest absolute Gasteiger partial charge is 0.315 e. The van der Waals surface area contributed by atoms with Gasteiger partial charge in [0.2, 0.25) is 5.75 Å². The Morgan fingerprint density at radius 1 is 1.37 bits per heavy atom. The Labute approximate surface area is 111 Å². The predicted molar refractivity (Wildman–Crippen MR) is 70.6 cm³/mol. The fourth-order valence-electron chi connectivity index (χ4n) is 2.05. The van der Waals surface area contributed by atoms with Crippen LogP contribution in [0.3, 0.4) is 0 Å². The molecule has 0 amide bonds. The van der Waals surface area contributed by atoms with Gasteiger partial charge in [0.25, 0.3) is 0 Å². The molecule has 0 saturated carbocycles. The van der Waals surface area contributed by atoms with E-state index in [0.717, 1.165) is 5.56 Å². The molecule has 1 heterocycles. The first-order valence-corrected chi connectivity index (χ1v) is 6.20. The molecule has 1 aromatic carbocycles. The Morgan fingerprint density at radius 3 is 2.68 bits per heavy atom. The molecule has 0 aliphatic carbocycles. The van der Waals surface area contributed by atoms with Gasteiger partial charge in [-0.15, -0.1) is 0 Å². The van der Waals surface area contributed by atoms with Gasteiger partial charge in [0.1, 0.15) is 13.2 Å². The lowest BCUT2D eigenvalue weighted by Gasteiger charge is -2.24. The van der Waals surface area contributed by atoms with Gasteiger partial charge in [0.05, 0.1) is 4.92 Å². The fourth-order valence-corrected chi connectivity index (χ4v) is 2.05. The molecule has 1 aliphatic heterocycles. The molecular formula is C13H18N2O4. The fraction of sp³-hybridized carbons (Fsp3) is 0.538. The Balaban J connectivity index is 2.41. The van der Waals surface area contributed by atoms with E-state index < -0.39 is 4.92 Å². The zero-order valence-electron chi connectivity index (χ0n) is 11.1. The van der Waals surface area contributed by atoms with Crippen LogP contribution < -0.4 is 15.2 Å². The molecule has 1 aromatic rings. The van der Waals surface area contributed by atoms with E-state index >= 15 is 0 Å². The number of hydrogen-bond donors (Lipinski definition) is 1. The molecule has 0 radical (unpaired) electrons. The predicted octanol–water partition coefficient (Wildman–Crippen LogP) is 1.89. The van der Waals surface area contributed by atoms with Crippen molar-refractivity contribution in [2.24, 2.45) is 11.1 Å². The minimum Gasteiger partial charge on any atom is -0.486 e. The Kier molecular flexibility index (Phi) is 3.61. The summed E-state index contributed by atoms with van der Waals surface area (Å²) in [6, 6.07) is 3.35. The molecule has 2 N–H and O–H groups in total. The molecule has 19 heavy (non-hydrogen) atoms. The zero-order valence-corrected chi connectivity index (χ0v) is 11.1. The molecule has 0 unspecified atom stereocenters. The number of nitro groups is 1. The van der Waals surface area contributed by atoms with E-state index in [1.807, 2.05) is 13.8 Å². The molecule has 0 spiro atoms. The summed E-state index contributed by atoms with van der Waals surface area (Å²) in [6.45, 7) is 5.30. The number of rotatable bonds is 4. The van der Waals surface area contributed by atoms with Crippen LogP contribution in [-0.4, -0.2) is 24.7 Å². The Morgan fingerprint density at radius 2 is 2.05 bits per heavy atom. The van der Waals surface area contributed by atoms with E-state index in [9.17, 15) is 10.1 Å².